The topological polar surface area (TPSA) is 41.1 Å². The highest BCUT2D eigenvalue weighted by atomic mass is 32.1. The number of amides is 2. The van der Waals surface area contributed by atoms with Crippen LogP contribution in [0.2, 0.25) is 0 Å². The molecule has 1 aromatic carbocycles. The highest BCUT2D eigenvalue weighted by molar-refractivity contribution is 7.09. The van der Waals surface area contributed by atoms with Gasteiger partial charge in [0.15, 0.2) is 0 Å². The van der Waals surface area contributed by atoms with E-state index in [2.05, 4.69) is 16.7 Å². The largest absolute Gasteiger partial charge is 0.333 e. The summed E-state index contributed by atoms with van der Waals surface area (Å²) in [6, 6.07) is 9.77. The van der Waals surface area contributed by atoms with Crippen molar-refractivity contribution in [3.05, 3.63) is 51.7 Å². The molecule has 0 aliphatic heterocycles. The third-order valence-electron chi connectivity index (χ3n) is 2.63. The molecule has 0 radical (unpaired) electrons. The molecule has 0 aliphatic carbocycles. The minimum Gasteiger partial charge on any atom is -0.333 e. The van der Waals surface area contributed by atoms with Crippen molar-refractivity contribution in [2.45, 2.75) is 20.4 Å². The molecule has 4 heteroatoms. The first-order valence-electron chi connectivity index (χ1n) is 5.79. The lowest BCUT2D eigenvalue weighted by molar-refractivity contribution is 0.252. The van der Waals surface area contributed by atoms with E-state index in [1.807, 2.05) is 43.5 Å². The van der Waals surface area contributed by atoms with Gasteiger partial charge in [-0.05, 0) is 36.9 Å². The second kappa shape index (κ2) is 5.69. The second-order valence-electron chi connectivity index (χ2n) is 4.21. The van der Waals surface area contributed by atoms with E-state index in [0.29, 0.717) is 6.54 Å². The number of thiophene rings is 1. The van der Waals surface area contributed by atoms with Gasteiger partial charge in [-0.1, -0.05) is 23.8 Å². The third-order valence-corrected chi connectivity index (χ3v) is 3.51. The van der Waals surface area contributed by atoms with Crippen molar-refractivity contribution in [2.24, 2.45) is 0 Å². The molecular weight excluding hydrogens is 244 g/mol. The van der Waals surface area contributed by atoms with Crippen LogP contribution in [0.4, 0.5) is 10.5 Å². The Morgan fingerprint density at radius 3 is 2.78 bits per heavy atom. The fourth-order valence-electron chi connectivity index (χ4n) is 1.70. The van der Waals surface area contributed by atoms with Crippen molar-refractivity contribution >= 4 is 23.1 Å². The number of nitrogens with one attached hydrogen (secondary N) is 2. The van der Waals surface area contributed by atoms with E-state index in [0.717, 1.165) is 16.1 Å². The summed E-state index contributed by atoms with van der Waals surface area (Å²) in [6.45, 7) is 4.59. The fraction of sp³-hybridized carbons (Fsp3) is 0.214. The molecule has 0 aliphatic rings. The molecule has 1 aromatic heterocycles. The van der Waals surface area contributed by atoms with Crippen LogP contribution in [0.1, 0.15) is 16.0 Å². The van der Waals surface area contributed by atoms with Gasteiger partial charge >= 0.3 is 6.03 Å². The first-order valence-corrected chi connectivity index (χ1v) is 6.67. The highest BCUT2D eigenvalue weighted by Gasteiger charge is 2.04. The first-order chi connectivity index (χ1) is 8.65. The van der Waals surface area contributed by atoms with E-state index < -0.39 is 0 Å². The Bertz CT molecular complexity index is 535. The summed E-state index contributed by atoms with van der Waals surface area (Å²) in [4.78, 5) is 12.9. The molecular formula is C14H16N2OS. The number of hydrogen-bond donors (Lipinski definition) is 2. The van der Waals surface area contributed by atoms with Gasteiger partial charge in [0, 0.05) is 10.6 Å². The summed E-state index contributed by atoms with van der Waals surface area (Å²) >= 11 is 1.63. The van der Waals surface area contributed by atoms with E-state index in [1.165, 1.54) is 5.56 Å². The lowest BCUT2D eigenvalue weighted by atomic mass is 10.1. The maximum Gasteiger partial charge on any atom is 0.319 e. The van der Waals surface area contributed by atoms with Gasteiger partial charge in [-0.15, -0.1) is 11.3 Å². The van der Waals surface area contributed by atoms with Gasteiger partial charge in [0.1, 0.15) is 0 Å². The number of carbonyl (C=O) groups is 1. The van der Waals surface area contributed by atoms with Crippen LogP contribution < -0.4 is 10.6 Å². The molecule has 1 heterocycles. The van der Waals surface area contributed by atoms with Gasteiger partial charge in [-0.25, -0.2) is 4.79 Å². The van der Waals surface area contributed by atoms with E-state index in [1.54, 1.807) is 11.3 Å². The van der Waals surface area contributed by atoms with Crippen LogP contribution in [-0.2, 0) is 6.54 Å². The highest BCUT2D eigenvalue weighted by Crippen LogP contribution is 2.15. The Balaban J connectivity index is 1.91. The molecule has 2 aromatic rings. The maximum atomic E-state index is 11.7. The molecule has 2 amide bonds. The van der Waals surface area contributed by atoms with Gasteiger partial charge in [-0.3, -0.25) is 0 Å². The van der Waals surface area contributed by atoms with Crippen molar-refractivity contribution in [1.29, 1.82) is 0 Å². The standard InChI is InChI=1S/C14H16N2OS/c1-10-5-6-13(11(2)8-10)16-14(17)15-9-12-4-3-7-18-12/h3-8H,9H2,1-2H3,(H2,15,16,17). The Kier molecular flexibility index (Phi) is 3.99. The lowest BCUT2D eigenvalue weighted by Gasteiger charge is -2.09. The van der Waals surface area contributed by atoms with Crippen LogP contribution in [0, 0.1) is 13.8 Å². The van der Waals surface area contributed by atoms with Crippen LogP contribution >= 0.6 is 11.3 Å². The molecule has 18 heavy (non-hydrogen) atoms. The Morgan fingerprint density at radius 2 is 2.11 bits per heavy atom. The Morgan fingerprint density at radius 1 is 1.28 bits per heavy atom. The van der Waals surface area contributed by atoms with Crippen molar-refractivity contribution in [3.63, 3.8) is 0 Å². The quantitative estimate of drug-likeness (QED) is 0.868. The van der Waals surface area contributed by atoms with Gasteiger partial charge in [0.05, 0.1) is 6.54 Å². The van der Waals surface area contributed by atoms with Gasteiger partial charge in [0.2, 0.25) is 0 Å². The summed E-state index contributed by atoms with van der Waals surface area (Å²) in [5.41, 5.74) is 3.11. The number of urea groups is 1. The third kappa shape index (κ3) is 3.34. The van der Waals surface area contributed by atoms with Gasteiger partial charge < -0.3 is 10.6 Å². The van der Waals surface area contributed by atoms with E-state index in [4.69, 9.17) is 0 Å². The zero-order chi connectivity index (χ0) is 13.0. The predicted octanol–water partition coefficient (Wildman–Crippen LogP) is 3.69. The predicted molar refractivity (Wildman–Crippen MR) is 76.1 cm³/mol. The van der Waals surface area contributed by atoms with E-state index in [9.17, 15) is 4.79 Å². The van der Waals surface area contributed by atoms with Crippen LogP contribution in [-0.4, -0.2) is 6.03 Å². The Labute approximate surface area is 111 Å². The molecule has 2 N–H and O–H groups in total. The zero-order valence-corrected chi connectivity index (χ0v) is 11.3. The minimum atomic E-state index is -0.171. The number of carbonyl (C=O) groups excluding carboxylic acids is 1. The molecule has 0 bridgehead atoms. The van der Waals surface area contributed by atoms with Crippen LogP contribution in [0.3, 0.4) is 0 Å². The van der Waals surface area contributed by atoms with Crippen molar-refractivity contribution < 1.29 is 4.79 Å². The summed E-state index contributed by atoms with van der Waals surface area (Å²) in [5.74, 6) is 0. The van der Waals surface area contributed by atoms with E-state index >= 15 is 0 Å². The van der Waals surface area contributed by atoms with Crippen molar-refractivity contribution in [2.75, 3.05) is 5.32 Å². The maximum absolute atomic E-state index is 11.7. The number of rotatable bonds is 3. The molecule has 2 rings (SSSR count). The average Bonchev–Trinajstić information content (AvgIpc) is 2.83. The lowest BCUT2D eigenvalue weighted by Crippen LogP contribution is -2.28. The minimum absolute atomic E-state index is 0.171. The number of aryl methyl sites for hydroxylation is 2. The molecule has 0 saturated carbocycles. The fourth-order valence-corrected chi connectivity index (χ4v) is 2.35. The van der Waals surface area contributed by atoms with Crippen molar-refractivity contribution in [3.8, 4) is 0 Å². The molecule has 0 saturated heterocycles. The normalized spacial score (nSPS) is 10.1. The van der Waals surface area contributed by atoms with Crippen LogP contribution in [0.5, 0.6) is 0 Å². The number of hydrogen-bond acceptors (Lipinski definition) is 2. The second-order valence-corrected chi connectivity index (χ2v) is 5.24. The number of benzene rings is 1. The first kappa shape index (κ1) is 12.6. The summed E-state index contributed by atoms with van der Waals surface area (Å²) in [7, 11) is 0. The molecule has 94 valence electrons. The smallest absolute Gasteiger partial charge is 0.319 e. The molecule has 0 unspecified atom stereocenters. The number of anilines is 1. The summed E-state index contributed by atoms with van der Waals surface area (Å²) in [6.07, 6.45) is 0. The summed E-state index contributed by atoms with van der Waals surface area (Å²) in [5, 5.41) is 7.69. The SMILES string of the molecule is Cc1ccc(NC(=O)NCc2cccs2)c(C)c1. The van der Waals surface area contributed by atoms with Crippen LogP contribution in [0.25, 0.3) is 0 Å². The Hall–Kier alpha value is -1.81. The van der Waals surface area contributed by atoms with Gasteiger partial charge in [0.25, 0.3) is 0 Å². The van der Waals surface area contributed by atoms with Crippen molar-refractivity contribution in [1.82, 2.24) is 5.32 Å². The molecule has 0 atom stereocenters. The monoisotopic (exact) mass is 260 g/mol. The zero-order valence-electron chi connectivity index (χ0n) is 10.5. The van der Waals surface area contributed by atoms with Gasteiger partial charge in [-0.2, -0.15) is 0 Å². The molecule has 3 nitrogen and oxygen atoms in total. The molecule has 0 fully saturated rings. The van der Waals surface area contributed by atoms with E-state index in [-0.39, 0.29) is 6.03 Å². The van der Waals surface area contributed by atoms with Crippen LogP contribution in [0.15, 0.2) is 35.7 Å². The summed E-state index contributed by atoms with van der Waals surface area (Å²) < 4.78 is 0. The average molecular weight is 260 g/mol. The molecule has 0 spiro atoms.